The summed E-state index contributed by atoms with van der Waals surface area (Å²) in [4.78, 5) is 0. The Morgan fingerprint density at radius 3 is 2.50 bits per heavy atom. The predicted molar refractivity (Wildman–Crippen MR) is 86.6 cm³/mol. The van der Waals surface area contributed by atoms with Crippen LogP contribution in [0.25, 0.3) is 10.9 Å². The van der Waals surface area contributed by atoms with Crippen LogP contribution in [0.5, 0.6) is 0 Å². The lowest BCUT2D eigenvalue weighted by Gasteiger charge is -2.08. The fraction of sp³-hybridized carbons (Fsp3) is 0.529. The molecule has 110 valence electrons. The van der Waals surface area contributed by atoms with Gasteiger partial charge in [-0.05, 0) is 37.0 Å². The van der Waals surface area contributed by atoms with Crippen LogP contribution < -0.4 is 0 Å². The van der Waals surface area contributed by atoms with Crippen molar-refractivity contribution in [1.82, 2.24) is 4.57 Å². The maximum absolute atomic E-state index is 10.1. The minimum Gasteiger partial charge on any atom is -0.389 e. The number of halogens is 1. The van der Waals surface area contributed by atoms with Gasteiger partial charge in [0.05, 0.1) is 6.10 Å². The lowest BCUT2D eigenvalue weighted by atomic mass is 9.99. The highest BCUT2D eigenvalue weighted by atomic mass is 35.5. The summed E-state index contributed by atoms with van der Waals surface area (Å²) in [5, 5.41) is 11.8. The quantitative estimate of drug-likeness (QED) is 0.798. The smallest absolute Gasteiger partial charge is 0.115 e. The normalized spacial score (nSPS) is 13.3. The van der Waals surface area contributed by atoms with E-state index in [0.29, 0.717) is 11.1 Å². The van der Waals surface area contributed by atoms with E-state index in [1.165, 1.54) is 5.56 Å². The van der Waals surface area contributed by atoms with Gasteiger partial charge >= 0.3 is 0 Å². The number of aryl methyl sites for hydroxylation is 1. The van der Waals surface area contributed by atoms with Crippen LogP contribution in [0.15, 0.2) is 18.2 Å². The van der Waals surface area contributed by atoms with Gasteiger partial charge in [-0.1, -0.05) is 44.9 Å². The first-order valence-electron chi connectivity index (χ1n) is 7.47. The van der Waals surface area contributed by atoms with Crippen molar-refractivity contribution < 1.29 is 5.11 Å². The molecule has 1 N–H and O–H groups in total. The molecule has 0 bridgehead atoms. The third-order valence-corrected chi connectivity index (χ3v) is 4.29. The average molecular weight is 294 g/mol. The molecule has 0 aliphatic rings. The Balaban J connectivity index is 2.66. The van der Waals surface area contributed by atoms with Crippen LogP contribution in [-0.4, -0.2) is 9.67 Å². The van der Waals surface area contributed by atoms with Gasteiger partial charge in [0, 0.05) is 23.0 Å². The molecule has 0 fully saturated rings. The molecule has 2 nitrogen and oxygen atoms in total. The highest BCUT2D eigenvalue weighted by Gasteiger charge is 2.19. The standard InChI is InChI=1S/C17H24ClNO/c1-5-6-9-19-15-8-7-13(11(2)3)10-14(15)16(12(4)20)17(19)18/h7-8,10-12,20H,5-6,9H2,1-4H3. The summed E-state index contributed by atoms with van der Waals surface area (Å²) in [5.41, 5.74) is 3.27. The van der Waals surface area contributed by atoms with Crippen LogP contribution in [0.2, 0.25) is 5.15 Å². The summed E-state index contributed by atoms with van der Waals surface area (Å²) in [6.07, 6.45) is 1.67. The van der Waals surface area contributed by atoms with Crippen LogP contribution >= 0.6 is 11.6 Å². The van der Waals surface area contributed by atoms with Crippen molar-refractivity contribution in [3.05, 3.63) is 34.5 Å². The molecule has 0 spiro atoms. The molecule has 1 heterocycles. The minimum atomic E-state index is -0.546. The fourth-order valence-corrected chi connectivity index (χ4v) is 3.09. The number of aliphatic hydroxyl groups is 1. The monoisotopic (exact) mass is 293 g/mol. The molecule has 20 heavy (non-hydrogen) atoms. The summed E-state index contributed by atoms with van der Waals surface area (Å²) in [6, 6.07) is 6.48. The molecule has 0 aliphatic carbocycles. The summed E-state index contributed by atoms with van der Waals surface area (Å²) < 4.78 is 2.13. The van der Waals surface area contributed by atoms with E-state index in [4.69, 9.17) is 11.6 Å². The van der Waals surface area contributed by atoms with Crippen molar-refractivity contribution in [1.29, 1.82) is 0 Å². The van der Waals surface area contributed by atoms with Gasteiger partial charge in [0.2, 0.25) is 0 Å². The number of fused-ring (bicyclic) bond motifs is 1. The molecule has 3 heteroatoms. The molecule has 2 aromatic rings. The maximum atomic E-state index is 10.1. The van der Waals surface area contributed by atoms with E-state index in [2.05, 4.69) is 43.5 Å². The zero-order valence-corrected chi connectivity index (χ0v) is 13.5. The van der Waals surface area contributed by atoms with Crippen LogP contribution in [0.1, 0.15) is 63.7 Å². The third-order valence-electron chi connectivity index (χ3n) is 3.88. The van der Waals surface area contributed by atoms with Crippen molar-refractivity contribution >= 4 is 22.5 Å². The van der Waals surface area contributed by atoms with Gasteiger partial charge in [-0.15, -0.1) is 0 Å². The van der Waals surface area contributed by atoms with Gasteiger partial charge in [0.25, 0.3) is 0 Å². The second-order valence-corrected chi connectivity index (χ2v) is 6.17. The number of nitrogens with zero attached hydrogens (tertiary/aromatic N) is 1. The van der Waals surface area contributed by atoms with Crippen LogP contribution in [0.4, 0.5) is 0 Å². The first-order chi connectivity index (χ1) is 9.47. The molecule has 0 saturated heterocycles. The third kappa shape index (κ3) is 2.72. The van der Waals surface area contributed by atoms with Crippen LogP contribution in [-0.2, 0) is 6.54 Å². The summed E-state index contributed by atoms with van der Waals surface area (Å²) in [5.74, 6) is 0.471. The number of hydrogen-bond acceptors (Lipinski definition) is 1. The van der Waals surface area contributed by atoms with Gasteiger partial charge in [-0.2, -0.15) is 0 Å². The molecule has 2 rings (SSSR count). The zero-order valence-electron chi connectivity index (χ0n) is 12.8. The Kier molecular flexibility index (Phi) is 4.77. The van der Waals surface area contributed by atoms with Gasteiger partial charge < -0.3 is 9.67 Å². The van der Waals surface area contributed by atoms with Crippen molar-refractivity contribution in [3.8, 4) is 0 Å². The largest absolute Gasteiger partial charge is 0.389 e. The van der Waals surface area contributed by atoms with Crippen molar-refractivity contribution in [3.63, 3.8) is 0 Å². The van der Waals surface area contributed by atoms with E-state index in [9.17, 15) is 5.11 Å². The maximum Gasteiger partial charge on any atom is 0.115 e. The Morgan fingerprint density at radius 2 is 1.95 bits per heavy atom. The molecule has 0 saturated carbocycles. The Morgan fingerprint density at radius 1 is 1.25 bits per heavy atom. The number of rotatable bonds is 5. The van der Waals surface area contributed by atoms with Gasteiger partial charge in [-0.25, -0.2) is 0 Å². The molecule has 1 unspecified atom stereocenters. The van der Waals surface area contributed by atoms with Crippen LogP contribution in [0, 0.1) is 0 Å². The molecule has 1 aromatic heterocycles. The topological polar surface area (TPSA) is 25.2 Å². The molecule has 0 aliphatic heterocycles. The summed E-state index contributed by atoms with van der Waals surface area (Å²) >= 11 is 6.52. The molecular formula is C17H24ClNO. The number of unbranched alkanes of at least 4 members (excludes halogenated alkanes) is 1. The second kappa shape index (κ2) is 6.19. The predicted octanol–water partition coefficient (Wildman–Crippen LogP) is 5.27. The Hall–Kier alpha value is -0.990. The molecular weight excluding hydrogens is 270 g/mol. The SMILES string of the molecule is CCCCn1c(Cl)c(C(C)O)c2cc(C(C)C)ccc21. The number of benzene rings is 1. The number of aromatic nitrogens is 1. The molecule has 0 radical (unpaired) electrons. The lowest BCUT2D eigenvalue weighted by Crippen LogP contribution is -1.98. The molecule has 1 aromatic carbocycles. The number of hydrogen-bond donors (Lipinski definition) is 1. The van der Waals surface area contributed by atoms with E-state index < -0.39 is 6.10 Å². The Labute approximate surface area is 126 Å². The first kappa shape index (κ1) is 15.4. The Bertz CT molecular complexity index is 599. The highest BCUT2D eigenvalue weighted by molar-refractivity contribution is 6.32. The van der Waals surface area contributed by atoms with E-state index in [1.54, 1.807) is 6.92 Å². The van der Waals surface area contributed by atoms with E-state index >= 15 is 0 Å². The first-order valence-corrected chi connectivity index (χ1v) is 7.84. The van der Waals surface area contributed by atoms with Gasteiger partial charge in [0.15, 0.2) is 0 Å². The minimum absolute atomic E-state index is 0.471. The van der Waals surface area contributed by atoms with Gasteiger partial charge in [0.1, 0.15) is 5.15 Å². The van der Waals surface area contributed by atoms with E-state index in [1.807, 2.05) is 0 Å². The average Bonchev–Trinajstić information content (AvgIpc) is 2.67. The highest BCUT2D eigenvalue weighted by Crippen LogP contribution is 2.36. The molecule has 1 atom stereocenters. The lowest BCUT2D eigenvalue weighted by molar-refractivity contribution is 0.200. The summed E-state index contributed by atoms with van der Waals surface area (Å²) in [7, 11) is 0. The van der Waals surface area contributed by atoms with Crippen LogP contribution in [0.3, 0.4) is 0 Å². The van der Waals surface area contributed by atoms with Gasteiger partial charge in [-0.3, -0.25) is 0 Å². The van der Waals surface area contributed by atoms with Crippen molar-refractivity contribution in [2.75, 3.05) is 0 Å². The summed E-state index contributed by atoms with van der Waals surface area (Å²) in [6.45, 7) is 9.22. The number of aliphatic hydroxyl groups excluding tert-OH is 1. The van der Waals surface area contributed by atoms with E-state index in [0.717, 1.165) is 35.9 Å². The van der Waals surface area contributed by atoms with Crippen molar-refractivity contribution in [2.24, 2.45) is 0 Å². The zero-order chi connectivity index (χ0) is 14.9. The molecule has 0 amide bonds. The second-order valence-electron chi connectivity index (χ2n) is 5.82. The fourth-order valence-electron chi connectivity index (χ4n) is 2.66. The van der Waals surface area contributed by atoms with E-state index in [-0.39, 0.29) is 0 Å². The van der Waals surface area contributed by atoms with Crippen molar-refractivity contribution in [2.45, 2.75) is 59.1 Å².